The normalized spacial score (nSPS) is 15.5. The molecule has 0 unspecified atom stereocenters. The Morgan fingerprint density at radius 1 is 1.08 bits per heavy atom. The number of non-ortho nitro benzene ring substituents is 1. The average Bonchev–Trinajstić information content (AvgIpc) is 2.94. The minimum Gasteiger partial charge on any atom is -0.403 e. The van der Waals surface area contributed by atoms with Crippen LogP contribution in [0, 0.1) is 17.0 Å². The predicted octanol–water partition coefficient (Wildman–Crippen LogP) is 3.91. The second-order valence-corrected chi connectivity index (χ2v) is 5.47. The van der Waals surface area contributed by atoms with Gasteiger partial charge < -0.3 is 4.74 Å². The molecule has 3 rings (SSSR count). The Kier molecular flexibility index (Phi) is 4.52. The molecule has 0 saturated carbocycles. The molecule has 6 nitrogen and oxygen atoms in total. The topological polar surface area (TPSA) is 81.8 Å². The Morgan fingerprint density at radius 3 is 2.56 bits per heavy atom. The monoisotopic (exact) mass is 334 g/mol. The lowest BCUT2D eigenvalue weighted by atomic mass is 10.1. The number of hydrogen-bond acceptors (Lipinski definition) is 5. The van der Waals surface area contributed by atoms with E-state index in [9.17, 15) is 14.9 Å². The second-order valence-electron chi connectivity index (χ2n) is 5.47. The molecule has 124 valence electrons. The largest absolute Gasteiger partial charge is 0.403 e. The molecule has 0 atom stereocenters. The SMILES string of the molecule is Cc1ccc(/C=C/C2=NC(=C/c3cccc([N+](=O)[O-])c3)/C(=O)O2)cc1. The summed E-state index contributed by atoms with van der Waals surface area (Å²) in [6.07, 6.45) is 4.86. The maximum absolute atomic E-state index is 11.9. The molecule has 0 aromatic heterocycles. The Bertz CT molecular complexity index is 925. The van der Waals surface area contributed by atoms with Gasteiger partial charge >= 0.3 is 5.97 Å². The van der Waals surface area contributed by atoms with Crippen molar-refractivity contribution in [2.75, 3.05) is 0 Å². The van der Waals surface area contributed by atoms with Gasteiger partial charge in [0.15, 0.2) is 5.70 Å². The number of benzene rings is 2. The fourth-order valence-electron chi connectivity index (χ4n) is 2.23. The van der Waals surface area contributed by atoms with Gasteiger partial charge in [-0.15, -0.1) is 0 Å². The van der Waals surface area contributed by atoms with E-state index in [1.165, 1.54) is 18.2 Å². The zero-order valence-corrected chi connectivity index (χ0v) is 13.4. The van der Waals surface area contributed by atoms with Crippen LogP contribution in [0.1, 0.15) is 16.7 Å². The molecular weight excluding hydrogens is 320 g/mol. The molecule has 0 fully saturated rings. The number of nitro groups is 1. The number of nitrogens with zero attached hydrogens (tertiary/aromatic N) is 2. The fourth-order valence-corrected chi connectivity index (χ4v) is 2.23. The Balaban J connectivity index is 1.81. The van der Waals surface area contributed by atoms with Crippen LogP contribution in [0.15, 0.2) is 65.3 Å². The number of aryl methyl sites for hydroxylation is 1. The van der Waals surface area contributed by atoms with Crippen molar-refractivity contribution >= 4 is 29.7 Å². The second kappa shape index (κ2) is 6.92. The van der Waals surface area contributed by atoms with Crippen LogP contribution in [0.25, 0.3) is 12.2 Å². The van der Waals surface area contributed by atoms with Crippen LogP contribution >= 0.6 is 0 Å². The van der Waals surface area contributed by atoms with E-state index in [1.807, 2.05) is 31.2 Å². The van der Waals surface area contributed by atoms with Gasteiger partial charge in [0.05, 0.1) is 4.92 Å². The first-order valence-corrected chi connectivity index (χ1v) is 7.53. The standard InChI is InChI=1S/C19H14N2O4/c1-13-5-7-14(8-6-13)9-10-18-20-17(19(22)25-18)12-15-3-2-4-16(11-15)21(23)24/h2-12H,1H3/b10-9+,17-12+. The van der Waals surface area contributed by atoms with Crippen molar-refractivity contribution in [2.24, 2.45) is 4.99 Å². The zero-order valence-electron chi connectivity index (χ0n) is 13.4. The summed E-state index contributed by atoms with van der Waals surface area (Å²) in [5.74, 6) is -0.405. The van der Waals surface area contributed by atoms with E-state index in [1.54, 1.807) is 24.3 Å². The highest BCUT2D eigenvalue weighted by atomic mass is 16.6. The molecule has 1 heterocycles. The number of carbonyl (C=O) groups excluding carboxylic acids is 1. The number of aliphatic imine (C=N–C) groups is 1. The Labute approximate surface area is 143 Å². The van der Waals surface area contributed by atoms with E-state index >= 15 is 0 Å². The molecule has 0 spiro atoms. The molecule has 2 aromatic rings. The van der Waals surface area contributed by atoms with Crippen molar-refractivity contribution < 1.29 is 14.5 Å². The summed E-state index contributed by atoms with van der Waals surface area (Å²) >= 11 is 0. The smallest absolute Gasteiger partial charge is 0.363 e. The first kappa shape index (κ1) is 16.3. The highest BCUT2D eigenvalue weighted by molar-refractivity contribution is 6.11. The highest BCUT2D eigenvalue weighted by Gasteiger charge is 2.21. The van der Waals surface area contributed by atoms with E-state index < -0.39 is 10.9 Å². The summed E-state index contributed by atoms with van der Waals surface area (Å²) in [4.78, 5) is 26.3. The molecule has 0 bridgehead atoms. The summed E-state index contributed by atoms with van der Waals surface area (Å²) < 4.78 is 5.09. The number of hydrogen-bond donors (Lipinski definition) is 0. The van der Waals surface area contributed by atoms with Crippen LogP contribution in [0.4, 0.5) is 5.69 Å². The van der Waals surface area contributed by atoms with Crippen LogP contribution in [0.5, 0.6) is 0 Å². The lowest BCUT2D eigenvalue weighted by molar-refractivity contribution is -0.384. The van der Waals surface area contributed by atoms with Gasteiger partial charge in [-0.05, 0) is 30.2 Å². The molecule has 0 radical (unpaired) electrons. The van der Waals surface area contributed by atoms with E-state index in [4.69, 9.17) is 4.74 Å². The first-order valence-electron chi connectivity index (χ1n) is 7.53. The fraction of sp³-hybridized carbons (Fsp3) is 0.0526. The maximum Gasteiger partial charge on any atom is 0.363 e. The van der Waals surface area contributed by atoms with Gasteiger partial charge in [-0.3, -0.25) is 10.1 Å². The predicted molar refractivity (Wildman–Crippen MR) is 94.8 cm³/mol. The summed E-state index contributed by atoms with van der Waals surface area (Å²) in [5, 5.41) is 10.8. The van der Waals surface area contributed by atoms with Crippen molar-refractivity contribution in [1.29, 1.82) is 0 Å². The van der Waals surface area contributed by atoms with Crippen molar-refractivity contribution in [2.45, 2.75) is 6.92 Å². The first-order chi connectivity index (χ1) is 12.0. The number of rotatable bonds is 4. The summed E-state index contributed by atoms with van der Waals surface area (Å²) in [6.45, 7) is 2.00. The van der Waals surface area contributed by atoms with Crippen LogP contribution in [0.2, 0.25) is 0 Å². The molecule has 0 saturated heterocycles. The maximum atomic E-state index is 11.9. The van der Waals surface area contributed by atoms with Gasteiger partial charge in [0, 0.05) is 18.2 Å². The van der Waals surface area contributed by atoms with Gasteiger partial charge in [0.1, 0.15) is 0 Å². The van der Waals surface area contributed by atoms with Crippen molar-refractivity contribution in [3.05, 3.63) is 87.1 Å². The minimum absolute atomic E-state index is 0.0517. The van der Waals surface area contributed by atoms with Gasteiger partial charge in [0.2, 0.25) is 5.90 Å². The Hall–Kier alpha value is -3.54. The van der Waals surface area contributed by atoms with E-state index in [0.29, 0.717) is 5.56 Å². The summed E-state index contributed by atoms with van der Waals surface area (Å²) in [6, 6.07) is 13.8. The Morgan fingerprint density at radius 2 is 1.84 bits per heavy atom. The zero-order chi connectivity index (χ0) is 17.8. The molecular formula is C19H14N2O4. The van der Waals surface area contributed by atoms with Crippen LogP contribution in [-0.4, -0.2) is 16.8 Å². The average molecular weight is 334 g/mol. The quantitative estimate of drug-likeness (QED) is 0.367. The van der Waals surface area contributed by atoms with Gasteiger partial charge in [0.25, 0.3) is 5.69 Å². The van der Waals surface area contributed by atoms with E-state index in [2.05, 4.69) is 4.99 Å². The lowest BCUT2D eigenvalue weighted by Gasteiger charge is -1.95. The van der Waals surface area contributed by atoms with Crippen LogP contribution in [0.3, 0.4) is 0 Å². The molecule has 6 heteroatoms. The van der Waals surface area contributed by atoms with Crippen LogP contribution < -0.4 is 0 Å². The minimum atomic E-state index is -0.588. The number of carbonyl (C=O) groups is 1. The van der Waals surface area contributed by atoms with Crippen molar-refractivity contribution in [3.63, 3.8) is 0 Å². The third-order valence-electron chi connectivity index (χ3n) is 3.52. The molecule has 0 N–H and O–H groups in total. The van der Waals surface area contributed by atoms with Crippen molar-refractivity contribution in [3.8, 4) is 0 Å². The lowest BCUT2D eigenvalue weighted by Crippen LogP contribution is -2.01. The molecule has 1 aliphatic rings. The molecule has 0 aliphatic carbocycles. The number of nitro benzene ring substituents is 1. The highest BCUT2D eigenvalue weighted by Crippen LogP contribution is 2.19. The number of cyclic esters (lactones) is 1. The molecule has 0 amide bonds. The summed E-state index contributed by atoms with van der Waals surface area (Å²) in [5.41, 5.74) is 2.67. The third kappa shape index (κ3) is 4.06. The van der Waals surface area contributed by atoms with E-state index in [0.717, 1.165) is 11.1 Å². The van der Waals surface area contributed by atoms with Crippen LogP contribution in [-0.2, 0) is 9.53 Å². The molecule has 1 aliphatic heterocycles. The van der Waals surface area contributed by atoms with Crippen molar-refractivity contribution in [1.82, 2.24) is 0 Å². The molecule has 2 aromatic carbocycles. The van der Waals surface area contributed by atoms with Gasteiger partial charge in [-0.1, -0.05) is 42.0 Å². The summed E-state index contributed by atoms with van der Waals surface area (Å²) in [7, 11) is 0. The molecule has 25 heavy (non-hydrogen) atoms. The number of esters is 1. The third-order valence-corrected chi connectivity index (χ3v) is 3.52. The van der Waals surface area contributed by atoms with Gasteiger partial charge in [-0.2, -0.15) is 0 Å². The van der Waals surface area contributed by atoms with Gasteiger partial charge in [-0.25, -0.2) is 9.79 Å². The van der Waals surface area contributed by atoms with E-state index in [-0.39, 0.29) is 17.3 Å². The number of ether oxygens (including phenoxy) is 1.